The Morgan fingerprint density at radius 1 is 1.19 bits per heavy atom. The molecule has 0 radical (unpaired) electrons. The third-order valence-electron chi connectivity index (χ3n) is 3.60. The van der Waals surface area contributed by atoms with E-state index < -0.39 is 0 Å². The quantitative estimate of drug-likeness (QED) is 0.749. The Kier molecular flexibility index (Phi) is 5.77. The molecule has 2 atom stereocenters. The minimum Gasteiger partial charge on any atom is -0.314 e. The summed E-state index contributed by atoms with van der Waals surface area (Å²) >= 11 is 0. The van der Waals surface area contributed by atoms with Crippen molar-refractivity contribution in [2.45, 2.75) is 59.5 Å². The molecule has 0 aromatic carbocycles. The highest BCUT2D eigenvalue weighted by Crippen LogP contribution is 2.24. The Hall–Kier alpha value is -0.0800. The van der Waals surface area contributed by atoms with Crippen LogP contribution in [0.5, 0.6) is 0 Å². The number of rotatable bonds is 6. The molecule has 0 bridgehead atoms. The lowest BCUT2D eigenvalue weighted by atomic mass is 10.0. The molecule has 2 heteroatoms. The number of hydrogen-bond donors (Lipinski definition) is 1. The third kappa shape index (κ3) is 4.42. The third-order valence-corrected chi connectivity index (χ3v) is 3.60. The second-order valence-electron chi connectivity index (χ2n) is 6.12. The van der Waals surface area contributed by atoms with Crippen LogP contribution in [0.3, 0.4) is 0 Å². The number of hydrogen-bond acceptors (Lipinski definition) is 2. The van der Waals surface area contributed by atoms with Gasteiger partial charge < -0.3 is 5.32 Å². The summed E-state index contributed by atoms with van der Waals surface area (Å²) in [5, 5.41) is 3.54. The van der Waals surface area contributed by atoms with Gasteiger partial charge in [0.25, 0.3) is 0 Å². The standard InChI is InChI=1S/C14H30N2/c1-11(2)14-7-6-8-16(14)10-13(5)9-15-12(3)4/h11-15H,6-10H2,1-5H3. The van der Waals surface area contributed by atoms with Gasteiger partial charge in [-0.05, 0) is 37.8 Å². The second kappa shape index (κ2) is 6.61. The van der Waals surface area contributed by atoms with Gasteiger partial charge in [-0.25, -0.2) is 0 Å². The van der Waals surface area contributed by atoms with Crippen molar-refractivity contribution in [3.8, 4) is 0 Å². The summed E-state index contributed by atoms with van der Waals surface area (Å²) in [6, 6.07) is 1.45. The normalized spacial score (nSPS) is 24.6. The molecule has 1 saturated heterocycles. The Morgan fingerprint density at radius 2 is 1.88 bits per heavy atom. The van der Waals surface area contributed by atoms with E-state index in [4.69, 9.17) is 0 Å². The fraction of sp³-hybridized carbons (Fsp3) is 1.00. The van der Waals surface area contributed by atoms with Crippen LogP contribution in [0.15, 0.2) is 0 Å². The van der Waals surface area contributed by atoms with Gasteiger partial charge >= 0.3 is 0 Å². The first-order chi connectivity index (χ1) is 7.50. The fourth-order valence-electron chi connectivity index (χ4n) is 2.74. The molecule has 1 aliphatic rings. The first-order valence-electron chi connectivity index (χ1n) is 6.98. The van der Waals surface area contributed by atoms with E-state index in [1.54, 1.807) is 0 Å². The van der Waals surface area contributed by atoms with E-state index in [2.05, 4.69) is 44.8 Å². The van der Waals surface area contributed by atoms with Gasteiger partial charge in [-0.3, -0.25) is 4.90 Å². The molecule has 16 heavy (non-hydrogen) atoms. The molecule has 96 valence electrons. The van der Waals surface area contributed by atoms with Crippen molar-refractivity contribution in [1.29, 1.82) is 0 Å². The molecule has 0 aromatic rings. The maximum absolute atomic E-state index is 3.54. The van der Waals surface area contributed by atoms with Crippen molar-refractivity contribution in [1.82, 2.24) is 10.2 Å². The molecule has 1 N–H and O–H groups in total. The Bertz CT molecular complexity index is 189. The smallest absolute Gasteiger partial charge is 0.0119 e. The average Bonchev–Trinajstić information content (AvgIpc) is 2.62. The second-order valence-corrected chi connectivity index (χ2v) is 6.12. The van der Waals surface area contributed by atoms with Crippen molar-refractivity contribution >= 4 is 0 Å². The molecule has 1 rings (SSSR count). The Balaban J connectivity index is 2.29. The molecular formula is C14H30N2. The summed E-state index contributed by atoms with van der Waals surface area (Å²) in [5.74, 6) is 1.58. The zero-order valence-corrected chi connectivity index (χ0v) is 11.8. The summed E-state index contributed by atoms with van der Waals surface area (Å²) in [7, 11) is 0. The molecule has 1 aliphatic heterocycles. The van der Waals surface area contributed by atoms with Gasteiger partial charge in [-0.1, -0.05) is 34.6 Å². The van der Waals surface area contributed by atoms with Crippen LogP contribution in [0.1, 0.15) is 47.5 Å². The first-order valence-corrected chi connectivity index (χ1v) is 6.98. The lowest BCUT2D eigenvalue weighted by Crippen LogP contribution is -2.39. The van der Waals surface area contributed by atoms with E-state index >= 15 is 0 Å². The van der Waals surface area contributed by atoms with Gasteiger partial charge in [-0.15, -0.1) is 0 Å². The van der Waals surface area contributed by atoms with E-state index in [0.29, 0.717) is 6.04 Å². The van der Waals surface area contributed by atoms with Crippen LogP contribution < -0.4 is 5.32 Å². The molecule has 0 aromatic heterocycles. The lowest BCUT2D eigenvalue weighted by molar-refractivity contribution is 0.179. The van der Waals surface area contributed by atoms with Gasteiger partial charge in [0.1, 0.15) is 0 Å². The van der Waals surface area contributed by atoms with Crippen molar-refractivity contribution in [3.05, 3.63) is 0 Å². The number of likely N-dealkylation sites (tertiary alicyclic amines) is 1. The molecule has 2 unspecified atom stereocenters. The maximum Gasteiger partial charge on any atom is 0.0119 e. The summed E-state index contributed by atoms with van der Waals surface area (Å²) < 4.78 is 0. The molecule has 2 nitrogen and oxygen atoms in total. The molecule has 1 fully saturated rings. The van der Waals surface area contributed by atoms with Gasteiger partial charge in [0.05, 0.1) is 0 Å². The molecule has 0 aliphatic carbocycles. The largest absolute Gasteiger partial charge is 0.314 e. The van der Waals surface area contributed by atoms with Gasteiger partial charge in [0, 0.05) is 18.6 Å². The van der Waals surface area contributed by atoms with E-state index in [9.17, 15) is 0 Å². The Labute approximate surface area is 102 Å². The van der Waals surface area contributed by atoms with Crippen molar-refractivity contribution in [3.63, 3.8) is 0 Å². The minimum atomic E-state index is 0.613. The van der Waals surface area contributed by atoms with Crippen LogP contribution in [0.25, 0.3) is 0 Å². The molecular weight excluding hydrogens is 196 g/mol. The van der Waals surface area contributed by atoms with Crippen LogP contribution in [-0.4, -0.2) is 36.6 Å². The number of nitrogens with one attached hydrogen (secondary N) is 1. The lowest BCUT2D eigenvalue weighted by Gasteiger charge is -2.30. The highest BCUT2D eigenvalue weighted by Gasteiger charge is 2.27. The van der Waals surface area contributed by atoms with Crippen molar-refractivity contribution in [2.75, 3.05) is 19.6 Å². The minimum absolute atomic E-state index is 0.613. The zero-order chi connectivity index (χ0) is 12.1. The predicted octanol–water partition coefficient (Wildman–Crippen LogP) is 2.74. The van der Waals surface area contributed by atoms with E-state index in [1.165, 1.54) is 25.9 Å². The van der Waals surface area contributed by atoms with Crippen LogP contribution in [0.2, 0.25) is 0 Å². The van der Waals surface area contributed by atoms with Crippen molar-refractivity contribution in [2.24, 2.45) is 11.8 Å². The van der Waals surface area contributed by atoms with Crippen LogP contribution >= 0.6 is 0 Å². The van der Waals surface area contributed by atoms with E-state index in [-0.39, 0.29) is 0 Å². The van der Waals surface area contributed by atoms with Crippen LogP contribution in [0.4, 0.5) is 0 Å². The summed E-state index contributed by atoms with van der Waals surface area (Å²) in [4.78, 5) is 2.71. The topological polar surface area (TPSA) is 15.3 Å². The SMILES string of the molecule is CC(CNC(C)C)CN1CCCC1C(C)C. The molecule has 0 amide bonds. The molecule has 0 spiro atoms. The first kappa shape index (κ1) is 14.0. The fourth-order valence-corrected chi connectivity index (χ4v) is 2.74. The average molecular weight is 226 g/mol. The highest BCUT2D eigenvalue weighted by atomic mass is 15.2. The maximum atomic E-state index is 3.54. The summed E-state index contributed by atoms with van der Waals surface area (Å²) in [6.45, 7) is 15.3. The molecule has 0 saturated carbocycles. The summed E-state index contributed by atoms with van der Waals surface area (Å²) in [6.07, 6.45) is 2.80. The van der Waals surface area contributed by atoms with Crippen LogP contribution in [0, 0.1) is 11.8 Å². The summed E-state index contributed by atoms with van der Waals surface area (Å²) in [5.41, 5.74) is 0. The Morgan fingerprint density at radius 3 is 2.44 bits per heavy atom. The van der Waals surface area contributed by atoms with E-state index in [1.807, 2.05) is 0 Å². The highest BCUT2D eigenvalue weighted by molar-refractivity contribution is 4.82. The van der Waals surface area contributed by atoms with Gasteiger partial charge in [0.2, 0.25) is 0 Å². The predicted molar refractivity (Wildman–Crippen MR) is 71.7 cm³/mol. The van der Waals surface area contributed by atoms with Gasteiger partial charge in [-0.2, -0.15) is 0 Å². The molecule has 1 heterocycles. The van der Waals surface area contributed by atoms with Gasteiger partial charge in [0.15, 0.2) is 0 Å². The zero-order valence-electron chi connectivity index (χ0n) is 11.8. The van der Waals surface area contributed by atoms with E-state index in [0.717, 1.165) is 24.4 Å². The monoisotopic (exact) mass is 226 g/mol. The number of nitrogens with zero attached hydrogens (tertiary/aromatic N) is 1. The van der Waals surface area contributed by atoms with Crippen molar-refractivity contribution < 1.29 is 0 Å². The van der Waals surface area contributed by atoms with Crippen LogP contribution in [-0.2, 0) is 0 Å².